The van der Waals surface area contributed by atoms with E-state index in [1.807, 2.05) is 4.68 Å². The van der Waals surface area contributed by atoms with Crippen LogP contribution >= 0.6 is 15.9 Å². The minimum absolute atomic E-state index is 0.907. The highest BCUT2D eigenvalue weighted by Crippen LogP contribution is 2.25. The number of rotatable bonds is 6. The first-order chi connectivity index (χ1) is 10.1. The first-order valence-corrected chi connectivity index (χ1v) is 8.42. The monoisotopic (exact) mass is 349 g/mol. The Balaban J connectivity index is 2.29. The second-order valence-electron chi connectivity index (χ2n) is 5.38. The number of nitrogens with one attached hydrogen (secondary N) is 1. The van der Waals surface area contributed by atoms with Crippen LogP contribution in [-0.4, -0.2) is 16.3 Å². The van der Waals surface area contributed by atoms with Crippen molar-refractivity contribution in [3.63, 3.8) is 0 Å². The van der Waals surface area contributed by atoms with Gasteiger partial charge < -0.3 is 5.32 Å². The molecule has 0 atom stereocenters. The molecule has 0 aliphatic rings. The minimum atomic E-state index is 0.907. The lowest BCUT2D eigenvalue weighted by Gasteiger charge is -2.10. The van der Waals surface area contributed by atoms with Gasteiger partial charge >= 0.3 is 0 Å². The molecule has 1 N–H and O–H groups in total. The summed E-state index contributed by atoms with van der Waals surface area (Å²) in [5.74, 6) is 0. The zero-order valence-corrected chi connectivity index (χ0v) is 14.9. The van der Waals surface area contributed by atoms with Gasteiger partial charge in [0.25, 0.3) is 0 Å². The maximum atomic E-state index is 4.69. The molecule has 21 heavy (non-hydrogen) atoms. The highest BCUT2D eigenvalue weighted by molar-refractivity contribution is 9.10. The van der Waals surface area contributed by atoms with Crippen molar-refractivity contribution in [2.45, 2.75) is 47.1 Å². The molecule has 0 fully saturated rings. The van der Waals surface area contributed by atoms with Crippen molar-refractivity contribution in [3.05, 3.63) is 45.2 Å². The molecule has 0 spiro atoms. The average molecular weight is 350 g/mol. The summed E-state index contributed by atoms with van der Waals surface area (Å²) < 4.78 is 3.13. The maximum Gasteiger partial charge on any atom is 0.0791 e. The van der Waals surface area contributed by atoms with Gasteiger partial charge in [-0.1, -0.05) is 19.9 Å². The zero-order valence-electron chi connectivity index (χ0n) is 13.3. The Morgan fingerprint density at radius 3 is 2.57 bits per heavy atom. The van der Waals surface area contributed by atoms with E-state index in [1.165, 1.54) is 16.8 Å². The smallest absolute Gasteiger partial charge is 0.0791 e. The van der Waals surface area contributed by atoms with Crippen molar-refractivity contribution < 1.29 is 0 Å². The van der Waals surface area contributed by atoms with E-state index in [4.69, 9.17) is 0 Å². The SMILES string of the molecule is CCCNCc1ccc(-n2nc(C)c(CC)c2C)c(Br)c1. The van der Waals surface area contributed by atoms with E-state index < -0.39 is 0 Å². The van der Waals surface area contributed by atoms with Crippen molar-refractivity contribution >= 4 is 15.9 Å². The lowest BCUT2D eigenvalue weighted by atomic mass is 10.1. The van der Waals surface area contributed by atoms with Gasteiger partial charge in [0.15, 0.2) is 0 Å². The Bertz CT molecular complexity index is 617. The van der Waals surface area contributed by atoms with Crippen molar-refractivity contribution in [1.82, 2.24) is 15.1 Å². The second kappa shape index (κ2) is 7.23. The fourth-order valence-electron chi connectivity index (χ4n) is 2.66. The molecule has 0 amide bonds. The Morgan fingerprint density at radius 2 is 2.00 bits per heavy atom. The van der Waals surface area contributed by atoms with Crippen LogP contribution < -0.4 is 5.32 Å². The van der Waals surface area contributed by atoms with Gasteiger partial charge in [-0.15, -0.1) is 0 Å². The van der Waals surface area contributed by atoms with Crippen LogP contribution in [0.1, 0.15) is 42.8 Å². The standard InChI is InChI=1S/C17H24BrN3/c1-5-9-19-11-14-7-8-17(16(18)10-14)21-13(4)15(6-2)12(3)20-21/h7-8,10,19H,5-6,9,11H2,1-4H3. The predicted molar refractivity (Wildman–Crippen MR) is 92.1 cm³/mol. The molecule has 1 aromatic heterocycles. The Kier molecular flexibility index (Phi) is 5.59. The number of hydrogen-bond acceptors (Lipinski definition) is 2. The molecular formula is C17H24BrN3. The molecule has 114 valence electrons. The van der Waals surface area contributed by atoms with E-state index in [2.05, 4.69) is 72.2 Å². The van der Waals surface area contributed by atoms with Crippen molar-refractivity contribution in [2.75, 3.05) is 6.54 Å². The highest BCUT2D eigenvalue weighted by atomic mass is 79.9. The molecular weight excluding hydrogens is 326 g/mol. The van der Waals surface area contributed by atoms with Gasteiger partial charge in [-0.05, 0) is 72.4 Å². The lowest BCUT2D eigenvalue weighted by molar-refractivity contribution is 0.675. The lowest BCUT2D eigenvalue weighted by Crippen LogP contribution is -2.13. The van der Waals surface area contributed by atoms with E-state index in [0.717, 1.165) is 41.8 Å². The number of benzene rings is 1. The highest BCUT2D eigenvalue weighted by Gasteiger charge is 2.13. The molecule has 0 bridgehead atoms. The number of halogens is 1. The van der Waals surface area contributed by atoms with Gasteiger partial charge in [-0.25, -0.2) is 4.68 Å². The summed E-state index contributed by atoms with van der Waals surface area (Å²) in [4.78, 5) is 0. The third-order valence-electron chi connectivity index (χ3n) is 3.79. The van der Waals surface area contributed by atoms with Crippen LogP contribution in [0.4, 0.5) is 0 Å². The number of nitrogens with zero attached hydrogens (tertiary/aromatic N) is 2. The van der Waals surface area contributed by atoms with Crippen LogP contribution in [0.3, 0.4) is 0 Å². The quantitative estimate of drug-likeness (QED) is 0.787. The first kappa shape index (κ1) is 16.2. The third kappa shape index (κ3) is 3.55. The maximum absolute atomic E-state index is 4.69. The number of aryl methyl sites for hydroxylation is 1. The zero-order chi connectivity index (χ0) is 15.4. The first-order valence-electron chi connectivity index (χ1n) is 7.63. The summed E-state index contributed by atoms with van der Waals surface area (Å²) in [6.45, 7) is 10.5. The molecule has 0 radical (unpaired) electrons. The van der Waals surface area contributed by atoms with Crippen LogP contribution in [0.15, 0.2) is 22.7 Å². The minimum Gasteiger partial charge on any atom is -0.313 e. The summed E-state index contributed by atoms with van der Waals surface area (Å²) in [6.07, 6.45) is 2.18. The van der Waals surface area contributed by atoms with Crippen LogP contribution in [0, 0.1) is 13.8 Å². The molecule has 0 saturated heterocycles. The van der Waals surface area contributed by atoms with Crippen molar-refractivity contribution in [1.29, 1.82) is 0 Å². The molecule has 2 rings (SSSR count). The fraction of sp³-hybridized carbons (Fsp3) is 0.471. The third-order valence-corrected chi connectivity index (χ3v) is 4.43. The average Bonchev–Trinajstić information content (AvgIpc) is 2.74. The van der Waals surface area contributed by atoms with Crippen LogP contribution in [0.25, 0.3) is 5.69 Å². The Hall–Kier alpha value is -1.13. The van der Waals surface area contributed by atoms with E-state index in [-0.39, 0.29) is 0 Å². The van der Waals surface area contributed by atoms with E-state index in [0.29, 0.717) is 0 Å². The van der Waals surface area contributed by atoms with Gasteiger partial charge in [0.2, 0.25) is 0 Å². The summed E-state index contributed by atoms with van der Waals surface area (Å²) in [6, 6.07) is 6.50. The Labute approximate surface area is 135 Å². The summed E-state index contributed by atoms with van der Waals surface area (Å²) in [5.41, 5.74) is 6.09. The molecule has 0 aliphatic heterocycles. The molecule has 0 unspecified atom stereocenters. The normalized spacial score (nSPS) is 11.1. The summed E-state index contributed by atoms with van der Waals surface area (Å²) >= 11 is 3.69. The molecule has 0 aliphatic carbocycles. The van der Waals surface area contributed by atoms with Crippen LogP contribution in [0.2, 0.25) is 0 Å². The molecule has 3 nitrogen and oxygen atoms in total. The van der Waals surface area contributed by atoms with E-state index >= 15 is 0 Å². The van der Waals surface area contributed by atoms with E-state index in [1.54, 1.807) is 0 Å². The second-order valence-corrected chi connectivity index (χ2v) is 6.23. The van der Waals surface area contributed by atoms with Gasteiger partial charge in [-0.3, -0.25) is 0 Å². The van der Waals surface area contributed by atoms with E-state index in [9.17, 15) is 0 Å². The number of hydrogen-bond donors (Lipinski definition) is 1. The van der Waals surface area contributed by atoms with Crippen molar-refractivity contribution in [2.24, 2.45) is 0 Å². The summed E-state index contributed by atoms with van der Waals surface area (Å²) in [7, 11) is 0. The van der Waals surface area contributed by atoms with Gasteiger partial charge in [0, 0.05) is 16.7 Å². The molecule has 1 heterocycles. The van der Waals surface area contributed by atoms with Gasteiger partial charge in [-0.2, -0.15) is 5.10 Å². The molecule has 4 heteroatoms. The molecule has 0 saturated carbocycles. The van der Waals surface area contributed by atoms with Crippen LogP contribution in [-0.2, 0) is 13.0 Å². The van der Waals surface area contributed by atoms with Crippen LogP contribution in [0.5, 0.6) is 0 Å². The molecule has 2 aromatic rings. The van der Waals surface area contributed by atoms with Gasteiger partial charge in [0.05, 0.1) is 11.4 Å². The van der Waals surface area contributed by atoms with Crippen molar-refractivity contribution in [3.8, 4) is 5.69 Å². The summed E-state index contributed by atoms with van der Waals surface area (Å²) in [5, 5.41) is 8.12. The molecule has 1 aromatic carbocycles. The van der Waals surface area contributed by atoms with Gasteiger partial charge in [0.1, 0.15) is 0 Å². The predicted octanol–water partition coefficient (Wildman–Crippen LogP) is 4.31. The largest absolute Gasteiger partial charge is 0.313 e. The topological polar surface area (TPSA) is 29.9 Å². The Morgan fingerprint density at radius 1 is 1.24 bits per heavy atom. The number of aromatic nitrogens is 2. The fourth-order valence-corrected chi connectivity index (χ4v) is 3.26.